The van der Waals surface area contributed by atoms with Gasteiger partial charge in [0.05, 0.1) is 18.2 Å². The molecule has 0 saturated carbocycles. The van der Waals surface area contributed by atoms with Crippen LogP contribution >= 0.6 is 22.9 Å². The van der Waals surface area contributed by atoms with Gasteiger partial charge in [0, 0.05) is 18.6 Å². The molecule has 0 spiro atoms. The van der Waals surface area contributed by atoms with Gasteiger partial charge in [-0.15, -0.1) is 11.3 Å². The van der Waals surface area contributed by atoms with E-state index in [1.807, 2.05) is 36.6 Å². The van der Waals surface area contributed by atoms with Crippen molar-refractivity contribution >= 4 is 33.3 Å². The molecule has 126 valence electrons. The highest BCUT2D eigenvalue weighted by Gasteiger charge is 2.16. The van der Waals surface area contributed by atoms with Gasteiger partial charge in [0.15, 0.2) is 5.65 Å². The Balaban J connectivity index is 2.18. The fourth-order valence-corrected chi connectivity index (χ4v) is 3.63. The predicted octanol–water partition coefficient (Wildman–Crippen LogP) is 3.36. The molecule has 0 saturated heterocycles. The van der Waals surface area contributed by atoms with Crippen LogP contribution in [0.5, 0.6) is 0 Å². The van der Waals surface area contributed by atoms with Gasteiger partial charge in [0.25, 0.3) is 5.56 Å². The van der Waals surface area contributed by atoms with Crippen molar-refractivity contribution in [1.29, 1.82) is 0 Å². The lowest BCUT2D eigenvalue weighted by atomic mass is 10.1. The molecule has 1 aromatic carbocycles. The van der Waals surface area contributed by atoms with E-state index in [2.05, 4.69) is 9.97 Å². The zero-order chi connectivity index (χ0) is 17.3. The minimum atomic E-state index is -0.222. The maximum Gasteiger partial charge on any atom is 0.292 e. The number of aromatic nitrogens is 3. The third-order valence-electron chi connectivity index (χ3n) is 3.95. The molecular weight excluding hydrogens is 346 g/mol. The second-order valence-electron chi connectivity index (χ2n) is 5.57. The summed E-state index contributed by atoms with van der Waals surface area (Å²) in [5.74, 6) is 0.680. The van der Waals surface area contributed by atoms with Crippen LogP contribution in [-0.4, -0.2) is 28.3 Å². The number of nitrogens with zero attached hydrogens (tertiary/aromatic N) is 3. The summed E-state index contributed by atoms with van der Waals surface area (Å²) in [7, 11) is 1.63. The Bertz CT molecular complexity index is 949. The fraction of sp³-hybridized carbons (Fsp3) is 0.353. The van der Waals surface area contributed by atoms with Gasteiger partial charge in [-0.25, -0.2) is 4.98 Å². The summed E-state index contributed by atoms with van der Waals surface area (Å²) in [6, 6.07) is 5.84. The molecule has 0 bridgehead atoms. The molecule has 3 rings (SSSR count). The molecule has 0 aliphatic heterocycles. The topological polar surface area (TPSA) is 57.0 Å². The van der Waals surface area contributed by atoms with Crippen molar-refractivity contribution in [2.45, 2.75) is 26.8 Å². The van der Waals surface area contributed by atoms with Crippen molar-refractivity contribution in [2.75, 3.05) is 13.7 Å². The molecule has 5 nitrogen and oxygen atoms in total. The number of hydrogen-bond acceptors (Lipinski definition) is 5. The second-order valence-corrected chi connectivity index (χ2v) is 7.18. The first-order chi connectivity index (χ1) is 11.5. The van der Waals surface area contributed by atoms with Crippen LogP contribution in [0.3, 0.4) is 0 Å². The molecule has 0 radical (unpaired) electrons. The minimum absolute atomic E-state index is 0.222. The highest BCUT2D eigenvalue weighted by atomic mass is 35.5. The van der Waals surface area contributed by atoms with E-state index >= 15 is 0 Å². The summed E-state index contributed by atoms with van der Waals surface area (Å²) in [6.07, 6.45) is 0.553. The van der Waals surface area contributed by atoms with Crippen LogP contribution in [0, 0.1) is 13.8 Å². The molecule has 0 fully saturated rings. The van der Waals surface area contributed by atoms with Gasteiger partial charge in [-0.05, 0) is 31.0 Å². The molecule has 7 heteroatoms. The third kappa shape index (κ3) is 3.22. The number of fused-ring (bicyclic) bond motifs is 1. The Morgan fingerprint density at radius 3 is 2.83 bits per heavy atom. The SMILES string of the molecule is COCCc1nc(=O)c2sc(C)nc2n1Cc1cccc(Cl)c1C. The smallest absolute Gasteiger partial charge is 0.292 e. The summed E-state index contributed by atoms with van der Waals surface area (Å²) in [6.45, 7) is 4.95. The number of methoxy groups -OCH3 is 1. The summed E-state index contributed by atoms with van der Waals surface area (Å²) in [5.41, 5.74) is 2.57. The third-order valence-corrected chi connectivity index (χ3v) is 5.30. The lowest BCUT2D eigenvalue weighted by molar-refractivity contribution is 0.199. The van der Waals surface area contributed by atoms with Gasteiger partial charge in [-0.2, -0.15) is 4.98 Å². The zero-order valence-electron chi connectivity index (χ0n) is 13.8. The van der Waals surface area contributed by atoms with E-state index < -0.39 is 0 Å². The quantitative estimate of drug-likeness (QED) is 0.697. The Morgan fingerprint density at radius 2 is 2.08 bits per heavy atom. The first-order valence-electron chi connectivity index (χ1n) is 7.61. The summed E-state index contributed by atoms with van der Waals surface area (Å²) < 4.78 is 7.75. The van der Waals surface area contributed by atoms with E-state index in [9.17, 15) is 4.79 Å². The van der Waals surface area contributed by atoms with Crippen LogP contribution in [0.15, 0.2) is 23.0 Å². The zero-order valence-corrected chi connectivity index (χ0v) is 15.4. The molecule has 0 amide bonds. The van der Waals surface area contributed by atoms with Crippen molar-refractivity contribution < 1.29 is 4.74 Å². The van der Waals surface area contributed by atoms with Crippen molar-refractivity contribution in [1.82, 2.24) is 14.5 Å². The fourth-order valence-electron chi connectivity index (χ4n) is 2.63. The molecule has 2 heterocycles. The van der Waals surface area contributed by atoms with Crippen molar-refractivity contribution in [3.05, 3.63) is 55.5 Å². The van der Waals surface area contributed by atoms with Crippen LogP contribution in [0.25, 0.3) is 10.3 Å². The molecule has 3 aromatic rings. The number of thiazole rings is 1. The summed E-state index contributed by atoms with van der Waals surface area (Å²) in [5, 5.41) is 1.58. The van der Waals surface area contributed by atoms with E-state index in [0.717, 1.165) is 21.2 Å². The number of hydrogen-bond donors (Lipinski definition) is 0. The monoisotopic (exact) mass is 363 g/mol. The Labute approximate surface area is 148 Å². The molecule has 0 aliphatic rings. The normalized spacial score (nSPS) is 11.3. The highest BCUT2D eigenvalue weighted by Crippen LogP contribution is 2.23. The maximum atomic E-state index is 12.3. The number of halogens is 1. The van der Waals surface area contributed by atoms with E-state index in [4.69, 9.17) is 16.3 Å². The van der Waals surface area contributed by atoms with Gasteiger partial charge >= 0.3 is 0 Å². The lowest BCUT2D eigenvalue weighted by Gasteiger charge is -2.15. The van der Waals surface area contributed by atoms with Gasteiger partial charge in [0.1, 0.15) is 10.5 Å². The number of rotatable bonds is 5. The number of ether oxygens (including phenoxy) is 1. The Kier molecular flexibility index (Phi) is 4.99. The molecule has 0 atom stereocenters. The van der Waals surface area contributed by atoms with Gasteiger partial charge < -0.3 is 9.30 Å². The first-order valence-corrected chi connectivity index (χ1v) is 8.80. The maximum absolute atomic E-state index is 12.3. The van der Waals surface area contributed by atoms with Crippen molar-refractivity contribution in [3.8, 4) is 0 Å². The van der Waals surface area contributed by atoms with Crippen molar-refractivity contribution in [3.63, 3.8) is 0 Å². The molecule has 0 unspecified atom stereocenters. The predicted molar refractivity (Wildman–Crippen MR) is 97.3 cm³/mol. The van der Waals surface area contributed by atoms with Crippen molar-refractivity contribution in [2.24, 2.45) is 0 Å². The molecule has 2 aromatic heterocycles. The van der Waals surface area contributed by atoms with E-state index in [1.165, 1.54) is 11.3 Å². The largest absolute Gasteiger partial charge is 0.384 e. The van der Waals surface area contributed by atoms with Crippen LogP contribution in [-0.2, 0) is 17.7 Å². The molecule has 0 N–H and O–H groups in total. The van der Waals surface area contributed by atoms with E-state index in [0.29, 0.717) is 35.7 Å². The van der Waals surface area contributed by atoms with Gasteiger partial charge in [0.2, 0.25) is 0 Å². The van der Waals surface area contributed by atoms with Crippen LogP contribution in [0.4, 0.5) is 0 Å². The minimum Gasteiger partial charge on any atom is -0.384 e. The van der Waals surface area contributed by atoms with E-state index in [1.54, 1.807) is 7.11 Å². The van der Waals surface area contributed by atoms with Gasteiger partial charge in [-0.3, -0.25) is 4.79 Å². The number of benzene rings is 1. The van der Waals surface area contributed by atoms with Crippen LogP contribution < -0.4 is 5.56 Å². The van der Waals surface area contributed by atoms with Crippen LogP contribution in [0.2, 0.25) is 5.02 Å². The summed E-state index contributed by atoms with van der Waals surface area (Å²) >= 11 is 7.62. The molecule has 24 heavy (non-hydrogen) atoms. The lowest BCUT2D eigenvalue weighted by Crippen LogP contribution is -2.20. The molecular formula is C17H18ClN3O2S. The second kappa shape index (κ2) is 7.01. The standard InChI is InChI=1S/C17H18ClN3O2S/c1-10-12(5-4-6-13(10)18)9-21-14(7-8-23-3)20-17(22)15-16(21)19-11(2)24-15/h4-6H,7-9H2,1-3H3. The van der Waals surface area contributed by atoms with E-state index in [-0.39, 0.29) is 5.56 Å². The Morgan fingerprint density at radius 1 is 1.29 bits per heavy atom. The van der Waals surface area contributed by atoms with Gasteiger partial charge in [-0.1, -0.05) is 23.7 Å². The number of aryl methyl sites for hydroxylation is 1. The summed E-state index contributed by atoms with van der Waals surface area (Å²) in [4.78, 5) is 21.1. The highest BCUT2D eigenvalue weighted by molar-refractivity contribution is 7.18. The Hall–Kier alpha value is -1.76. The molecule has 0 aliphatic carbocycles. The van der Waals surface area contributed by atoms with Crippen LogP contribution in [0.1, 0.15) is 22.0 Å². The average molecular weight is 364 g/mol. The first kappa shape index (κ1) is 17.1. The average Bonchev–Trinajstić information content (AvgIpc) is 2.94.